The molecule has 0 saturated carbocycles. The molecule has 1 aliphatic rings. The fraction of sp³-hybridized carbons (Fsp3) is 0.500. The second kappa shape index (κ2) is 4.46. The summed E-state index contributed by atoms with van der Waals surface area (Å²) >= 11 is 0. The van der Waals surface area contributed by atoms with Gasteiger partial charge in [0.1, 0.15) is 11.9 Å². The van der Waals surface area contributed by atoms with Crippen molar-refractivity contribution in [1.29, 1.82) is 0 Å². The van der Waals surface area contributed by atoms with E-state index in [0.717, 1.165) is 5.76 Å². The van der Waals surface area contributed by atoms with Gasteiger partial charge in [0.2, 0.25) is 0 Å². The van der Waals surface area contributed by atoms with Gasteiger partial charge in [-0.1, -0.05) is 0 Å². The zero-order valence-corrected chi connectivity index (χ0v) is 8.39. The maximum atomic E-state index is 11.8. The van der Waals surface area contributed by atoms with Gasteiger partial charge >= 0.3 is 0 Å². The molecule has 1 aliphatic heterocycles. The molecule has 1 atom stereocenters. The van der Waals surface area contributed by atoms with Crippen LogP contribution in [0.4, 0.5) is 0 Å². The molecular weight excluding hydrogens is 196 g/mol. The van der Waals surface area contributed by atoms with Crippen molar-refractivity contribution in [2.45, 2.75) is 12.6 Å². The van der Waals surface area contributed by atoms with Gasteiger partial charge in [-0.2, -0.15) is 0 Å². The second-order valence-corrected chi connectivity index (χ2v) is 3.43. The molecule has 5 heteroatoms. The molecule has 2 rings (SSSR count). The fourth-order valence-electron chi connectivity index (χ4n) is 1.61. The van der Waals surface area contributed by atoms with Crippen molar-refractivity contribution in [3.63, 3.8) is 0 Å². The molecule has 1 unspecified atom stereocenters. The highest BCUT2D eigenvalue weighted by Gasteiger charge is 2.28. The van der Waals surface area contributed by atoms with Crippen LogP contribution < -0.4 is 5.73 Å². The van der Waals surface area contributed by atoms with Crippen LogP contribution in [-0.4, -0.2) is 36.6 Å². The Balaban J connectivity index is 1.99. The molecule has 1 saturated heterocycles. The van der Waals surface area contributed by atoms with E-state index >= 15 is 0 Å². The smallest absolute Gasteiger partial charge is 0.253 e. The molecule has 5 nitrogen and oxygen atoms in total. The van der Waals surface area contributed by atoms with Gasteiger partial charge in [-0.15, -0.1) is 0 Å². The summed E-state index contributed by atoms with van der Waals surface area (Å²) in [6, 6.07) is 3.65. The third-order valence-electron chi connectivity index (χ3n) is 2.41. The number of rotatable bonds is 3. The van der Waals surface area contributed by atoms with Crippen LogP contribution in [0.15, 0.2) is 22.8 Å². The summed E-state index contributed by atoms with van der Waals surface area (Å²) < 4.78 is 10.4. The highest BCUT2D eigenvalue weighted by atomic mass is 16.5. The lowest BCUT2D eigenvalue weighted by Gasteiger charge is -2.31. The Kier molecular flexibility index (Phi) is 3.03. The maximum absolute atomic E-state index is 11.8. The lowest BCUT2D eigenvalue weighted by Crippen LogP contribution is -2.50. The number of furan rings is 1. The predicted octanol–water partition coefficient (Wildman–Crippen LogP) is -0.0343. The molecular formula is C10H14N2O3. The average Bonchev–Trinajstić information content (AvgIpc) is 2.74. The standard InChI is InChI=1S/C10H14N2O3/c11-6-9-10(13)12(3-5-15-9)7-8-2-1-4-14-8/h1-2,4,9H,3,5-7,11H2. The lowest BCUT2D eigenvalue weighted by atomic mass is 10.2. The van der Waals surface area contributed by atoms with Gasteiger partial charge in [-0.3, -0.25) is 4.79 Å². The van der Waals surface area contributed by atoms with E-state index in [-0.39, 0.29) is 12.5 Å². The van der Waals surface area contributed by atoms with E-state index in [1.165, 1.54) is 0 Å². The van der Waals surface area contributed by atoms with Crippen LogP contribution in [0.2, 0.25) is 0 Å². The third-order valence-corrected chi connectivity index (χ3v) is 2.41. The molecule has 0 spiro atoms. The quantitative estimate of drug-likeness (QED) is 0.760. The molecule has 15 heavy (non-hydrogen) atoms. The molecule has 0 bridgehead atoms. The number of hydrogen-bond acceptors (Lipinski definition) is 4. The Morgan fingerprint density at radius 2 is 2.47 bits per heavy atom. The molecule has 2 heterocycles. The Hall–Kier alpha value is -1.33. The van der Waals surface area contributed by atoms with Crippen LogP contribution in [0.3, 0.4) is 0 Å². The van der Waals surface area contributed by atoms with E-state index in [4.69, 9.17) is 14.9 Å². The number of hydrogen-bond donors (Lipinski definition) is 1. The van der Waals surface area contributed by atoms with Gasteiger partial charge in [0.25, 0.3) is 5.91 Å². The fourth-order valence-corrected chi connectivity index (χ4v) is 1.61. The molecule has 2 N–H and O–H groups in total. The largest absolute Gasteiger partial charge is 0.467 e. The molecule has 1 amide bonds. The minimum Gasteiger partial charge on any atom is -0.467 e. The van der Waals surface area contributed by atoms with Crippen molar-refractivity contribution in [2.75, 3.05) is 19.7 Å². The molecule has 0 aromatic carbocycles. The van der Waals surface area contributed by atoms with Crippen LogP contribution in [0.25, 0.3) is 0 Å². The first-order chi connectivity index (χ1) is 7.31. The topological polar surface area (TPSA) is 68.7 Å². The third kappa shape index (κ3) is 2.19. The minimum atomic E-state index is -0.492. The number of nitrogens with two attached hydrogens (primary N) is 1. The Morgan fingerprint density at radius 3 is 3.13 bits per heavy atom. The zero-order valence-electron chi connectivity index (χ0n) is 8.39. The van der Waals surface area contributed by atoms with E-state index < -0.39 is 6.10 Å². The van der Waals surface area contributed by atoms with E-state index in [2.05, 4.69) is 0 Å². The van der Waals surface area contributed by atoms with Gasteiger partial charge < -0.3 is 19.8 Å². The molecule has 1 aromatic rings. The van der Waals surface area contributed by atoms with Crippen LogP contribution in [-0.2, 0) is 16.1 Å². The Labute approximate surface area is 87.8 Å². The van der Waals surface area contributed by atoms with Gasteiger partial charge in [-0.05, 0) is 12.1 Å². The molecule has 0 radical (unpaired) electrons. The van der Waals surface area contributed by atoms with Crippen molar-refractivity contribution in [3.05, 3.63) is 24.2 Å². The van der Waals surface area contributed by atoms with Gasteiger partial charge in [0.15, 0.2) is 0 Å². The first-order valence-electron chi connectivity index (χ1n) is 4.94. The number of ether oxygens (including phenoxy) is 1. The molecule has 1 fully saturated rings. The summed E-state index contributed by atoms with van der Waals surface area (Å²) in [5.41, 5.74) is 5.43. The SMILES string of the molecule is NCC1OCCN(Cc2ccco2)C1=O. The van der Waals surface area contributed by atoms with Gasteiger partial charge in [0, 0.05) is 13.1 Å². The summed E-state index contributed by atoms with van der Waals surface area (Å²) in [7, 11) is 0. The first-order valence-corrected chi connectivity index (χ1v) is 4.94. The summed E-state index contributed by atoms with van der Waals surface area (Å²) in [5.74, 6) is 0.723. The normalized spacial score (nSPS) is 22.1. The van der Waals surface area contributed by atoms with Crippen LogP contribution in [0.1, 0.15) is 5.76 Å². The van der Waals surface area contributed by atoms with Crippen molar-refractivity contribution >= 4 is 5.91 Å². The summed E-state index contributed by atoms with van der Waals surface area (Å²) in [6.45, 7) is 1.85. The molecule has 0 aliphatic carbocycles. The van der Waals surface area contributed by atoms with Crippen LogP contribution in [0.5, 0.6) is 0 Å². The van der Waals surface area contributed by atoms with E-state index in [1.807, 2.05) is 6.07 Å². The van der Waals surface area contributed by atoms with Crippen molar-refractivity contribution < 1.29 is 13.9 Å². The van der Waals surface area contributed by atoms with Gasteiger partial charge in [-0.25, -0.2) is 0 Å². The lowest BCUT2D eigenvalue weighted by molar-refractivity contribution is -0.153. The minimum absolute atomic E-state index is 0.0554. The number of carbonyl (C=O) groups excluding carboxylic acids is 1. The van der Waals surface area contributed by atoms with Crippen LogP contribution in [0, 0.1) is 0 Å². The Morgan fingerprint density at radius 1 is 1.60 bits per heavy atom. The van der Waals surface area contributed by atoms with Crippen molar-refractivity contribution in [2.24, 2.45) is 5.73 Å². The number of nitrogens with zero attached hydrogens (tertiary/aromatic N) is 1. The first kappa shape index (κ1) is 10.2. The summed E-state index contributed by atoms with van der Waals surface area (Å²) in [4.78, 5) is 13.5. The number of morpholine rings is 1. The van der Waals surface area contributed by atoms with E-state index in [0.29, 0.717) is 19.7 Å². The van der Waals surface area contributed by atoms with Crippen molar-refractivity contribution in [1.82, 2.24) is 4.90 Å². The number of amides is 1. The highest BCUT2D eigenvalue weighted by molar-refractivity contribution is 5.81. The van der Waals surface area contributed by atoms with E-state index in [9.17, 15) is 4.79 Å². The van der Waals surface area contributed by atoms with Crippen molar-refractivity contribution in [3.8, 4) is 0 Å². The van der Waals surface area contributed by atoms with E-state index in [1.54, 1.807) is 17.2 Å². The Bertz CT molecular complexity index is 323. The predicted molar refractivity (Wildman–Crippen MR) is 52.9 cm³/mol. The molecule has 1 aromatic heterocycles. The average molecular weight is 210 g/mol. The molecule has 82 valence electrons. The monoisotopic (exact) mass is 210 g/mol. The summed E-state index contributed by atoms with van der Waals surface area (Å²) in [5, 5.41) is 0. The van der Waals surface area contributed by atoms with Crippen LogP contribution >= 0.6 is 0 Å². The second-order valence-electron chi connectivity index (χ2n) is 3.43. The number of carbonyl (C=O) groups is 1. The zero-order chi connectivity index (χ0) is 10.7. The maximum Gasteiger partial charge on any atom is 0.253 e. The summed E-state index contributed by atoms with van der Waals surface area (Å²) in [6.07, 6.45) is 1.11. The van der Waals surface area contributed by atoms with Gasteiger partial charge in [0.05, 0.1) is 19.4 Å². The highest BCUT2D eigenvalue weighted by Crippen LogP contribution is 2.11.